The van der Waals surface area contributed by atoms with E-state index in [0.29, 0.717) is 0 Å². The van der Waals surface area contributed by atoms with Crippen molar-refractivity contribution in [1.29, 1.82) is 0 Å². The molecule has 122 valence electrons. The van der Waals surface area contributed by atoms with Gasteiger partial charge in [0.2, 0.25) is 5.91 Å². The summed E-state index contributed by atoms with van der Waals surface area (Å²) >= 11 is 0. The number of nitrogens with zero attached hydrogens (tertiary/aromatic N) is 3. The summed E-state index contributed by atoms with van der Waals surface area (Å²) in [4.78, 5) is 14.2. The second-order valence-corrected chi connectivity index (χ2v) is 5.97. The molecule has 2 aromatic rings. The molecule has 2 N–H and O–H groups in total. The average Bonchev–Trinajstić information content (AvgIpc) is 3.04. The predicted octanol–water partition coefficient (Wildman–Crippen LogP) is 2.10. The SMILES string of the molecule is NC(=O)C(c1ccc(F)cc1)N1CCCCC1Cn1cccn1. The lowest BCUT2D eigenvalue weighted by atomic mass is 9.95. The van der Waals surface area contributed by atoms with E-state index in [-0.39, 0.29) is 11.9 Å². The van der Waals surface area contributed by atoms with Crippen LogP contribution in [0.15, 0.2) is 42.7 Å². The van der Waals surface area contributed by atoms with Crippen LogP contribution in [0, 0.1) is 5.82 Å². The minimum Gasteiger partial charge on any atom is -0.368 e. The van der Waals surface area contributed by atoms with Crippen molar-refractivity contribution >= 4 is 5.91 Å². The van der Waals surface area contributed by atoms with Crippen molar-refractivity contribution < 1.29 is 9.18 Å². The minimum atomic E-state index is -0.531. The predicted molar refractivity (Wildman–Crippen MR) is 84.9 cm³/mol. The molecule has 23 heavy (non-hydrogen) atoms. The van der Waals surface area contributed by atoms with Crippen LogP contribution in [0.5, 0.6) is 0 Å². The van der Waals surface area contributed by atoms with E-state index in [9.17, 15) is 9.18 Å². The van der Waals surface area contributed by atoms with Crippen LogP contribution in [0.1, 0.15) is 30.9 Å². The maximum Gasteiger partial charge on any atom is 0.239 e. The Hall–Kier alpha value is -2.21. The maximum atomic E-state index is 13.2. The van der Waals surface area contributed by atoms with E-state index in [4.69, 9.17) is 5.73 Å². The molecule has 1 aromatic carbocycles. The van der Waals surface area contributed by atoms with Crippen molar-refractivity contribution in [2.24, 2.45) is 5.73 Å². The number of rotatable bonds is 5. The second-order valence-electron chi connectivity index (χ2n) is 5.97. The summed E-state index contributed by atoms with van der Waals surface area (Å²) in [5, 5.41) is 4.26. The number of amides is 1. The average molecular weight is 316 g/mol. The zero-order valence-corrected chi connectivity index (χ0v) is 12.9. The highest BCUT2D eigenvalue weighted by molar-refractivity contribution is 5.81. The first-order chi connectivity index (χ1) is 11.1. The van der Waals surface area contributed by atoms with Gasteiger partial charge >= 0.3 is 0 Å². The van der Waals surface area contributed by atoms with Crippen LogP contribution in [0.25, 0.3) is 0 Å². The van der Waals surface area contributed by atoms with Gasteiger partial charge < -0.3 is 5.73 Å². The molecule has 1 aromatic heterocycles. The highest BCUT2D eigenvalue weighted by Gasteiger charge is 2.33. The van der Waals surface area contributed by atoms with E-state index in [1.54, 1.807) is 18.3 Å². The van der Waals surface area contributed by atoms with Gasteiger partial charge in [-0.1, -0.05) is 18.6 Å². The molecule has 1 aliphatic heterocycles. The Labute approximate surface area is 134 Å². The molecule has 1 aliphatic rings. The monoisotopic (exact) mass is 316 g/mol. The molecule has 2 unspecified atom stereocenters. The number of aromatic nitrogens is 2. The first kappa shape index (κ1) is 15.7. The van der Waals surface area contributed by atoms with E-state index in [0.717, 1.165) is 37.9 Å². The first-order valence-electron chi connectivity index (χ1n) is 7.93. The third kappa shape index (κ3) is 3.59. The lowest BCUT2D eigenvalue weighted by Crippen LogP contribution is -2.48. The zero-order chi connectivity index (χ0) is 16.2. The summed E-state index contributed by atoms with van der Waals surface area (Å²) in [6.07, 6.45) is 6.81. The molecule has 1 saturated heterocycles. The Kier molecular flexibility index (Phi) is 4.71. The number of carbonyl (C=O) groups excluding carboxylic acids is 1. The van der Waals surface area contributed by atoms with Gasteiger partial charge in [0.25, 0.3) is 0 Å². The summed E-state index contributed by atoms with van der Waals surface area (Å²) in [6.45, 7) is 1.52. The lowest BCUT2D eigenvalue weighted by molar-refractivity contribution is -0.125. The van der Waals surface area contributed by atoms with Crippen LogP contribution in [0.4, 0.5) is 4.39 Å². The van der Waals surface area contributed by atoms with E-state index in [1.165, 1.54) is 12.1 Å². The largest absolute Gasteiger partial charge is 0.368 e. The van der Waals surface area contributed by atoms with Gasteiger partial charge in [-0.25, -0.2) is 4.39 Å². The van der Waals surface area contributed by atoms with E-state index in [1.807, 2.05) is 16.9 Å². The lowest BCUT2D eigenvalue weighted by Gasteiger charge is -2.40. The van der Waals surface area contributed by atoms with Crippen LogP contribution < -0.4 is 5.73 Å². The Bertz CT molecular complexity index is 641. The van der Waals surface area contributed by atoms with Crippen LogP contribution >= 0.6 is 0 Å². The third-order valence-corrected chi connectivity index (χ3v) is 4.42. The molecule has 2 heterocycles. The fourth-order valence-corrected chi connectivity index (χ4v) is 3.35. The quantitative estimate of drug-likeness (QED) is 0.919. The Morgan fingerprint density at radius 1 is 1.35 bits per heavy atom. The molecule has 3 rings (SSSR count). The molecule has 1 fully saturated rings. The van der Waals surface area contributed by atoms with Crippen molar-refractivity contribution in [3.63, 3.8) is 0 Å². The zero-order valence-electron chi connectivity index (χ0n) is 12.9. The topological polar surface area (TPSA) is 64.2 Å². The van der Waals surface area contributed by atoms with Crippen molar-refractivity contribution in [2.75, 3.05) is 6.54 Å². The summed E-state index contributed by atoms with van der Waals surface area (Å²) < 4.78 is 15.1. The molecule has 2 atom stereocenters. The second kappa shape index (κ2) is 6.91. The van der Waals surface area contributed by atoms with Gasteiger partial charge in [-0.3, -0.25) is 14.4 Å². The van der Waals surface area contributed by atoms with Crippen LogP contribution in [0.3, 0.4) is 0 Å². The number of halogens is 1. The Morgan fingerprint density at radius 2 is 2.13 bits per heavy atom. The van der Waals surface area contributed by atoms with Gasteiger partial charge in [0.15, 0.2) is 0 Å². The molecular formula is C17H21FN4O. The number of likely N-dealkylation sites (tertiary alicyclic amines) is 1. The summed E-state index contributed by atoms with van der Waals surface area (Å²) in [5.74, 6) is -0.715. The van der Waals surface area contributed by atoms with Gasteiger partial charge in [-0.15, -0.1) is 0 Å². The van der Waals surface area contributed by atoms with Crippen LogP contribution in [-0.2, 0) is 11.3 Å². The number of benzene rings is 1. The fourth-order valence-electron chi connectivity index (χ4n) is 3.35. The van der Waals surface area contributed by atoms with Crippen molar-refractivity contribution in [3.8, 4) is 0 Å². The highest BCUT2D eigenvalue weighted by atomic mass is 19.1. The number of hydrogen-bond acceptors (Lipinski definition) is 3. The molecule has 0 spiro atoms. The maximum absolute atomic E-state index is 13.2. The highest BCUT2D eigenvalue weighted by Crippen LogP contribution is 2.29. The molecule has 5 nitrogen and oxygen atoms in total. The van der Waals surface area contributed by atoms with Gasteiger partial charge in [0.05, 0.1) is 6.54 Å². The van der Waals surface area contributed by atoms with Crippen molar-refractivity contribution in [3.05, 3.63) is 54.1 Å². The van der Waals surface area contributed by atoms with Gasteiger partial charge in [0, 0.05) is 18.4 Å². The smallest absolute Gasteiger partial charge is 0.239 e. The Morgan fingerprint density at radius 3 is 2.78 bits per heavy atom. The molecule has 1 amide bonds. The molecule has 6 heteroatoms. The van der Waals surface area contributed by atoms with Crippen LogP contribution in [-0.4, -0.2) is 33.2 Å². The summed E-state index contributed by atoms with van der Waals surface area (Å²) in [7, 11) is 0. The summed E-state index contributed by atoms with van der Waals surface area (Å²) in [5.41, 5.74) is 6.42. The Balaban J connectivity index is 1.86. The van der Waals surface area contributed by atoms with Crippen molar-refractivity contribution in [2.45, 2.75) is 37.9 Å². The van der Waals surface area contributed by atoms with Crippen LogP contribution in [0.2, 0.25) is 0 Å². The number of primary amides is 1. The number of hydrogen-bond donors (Lipinski definition) is 1. The van der Waals surface area contributed by atoms with E-state index < -0.39 is 11.9 Å². The minimum absolute atomic E-state index is 0.186. The normalized spacial score (nSPS) is 20.3. The van der Waals surface area contributed by atoms with Gasteiger partial charge in [0.1, 0.15) is 11.9 Å². The molecule has 0 aliphatic carbocycles. The number of nitrogens with two attached hydrogens (primary N) is 1. The summed E-state index contributed by atoms with van der Waals surface area (Å²) in [6, 6.07) is 7.57. The van der Waals surface area contributed by atoms with E-state index >= 15 is 0 Å². The standard InChI is InChI=1S/C17H21FN4O/c18-14-7-5-13(6-8-14)16(17(19)23)22-11-2-1-4-15(22)12-21-10-3-9-20-21/h3,5-10,15-16H,1-2,4,11-12H2,(H2,19,23). The molecule has 0 radical (unpaired) electrons. The molecule has 0 saturated carbocycles. The molecular weight excluding hydrogens is 295 g/mol. The third-order valence-electron chi connectivity index (χ3n) is 4.42. The first-order valence-corrected chi connectivity index (χ1v) is 7.93. The van der Waals surface area contributed by atoms with Gasteiger partial charge in [-0.2, -0.15) is 5.10 Å². The fraction of sp³-hybridized carbons (Fsp3) is 0.412. The van der Waals surface area contributed by atoms with Crippen molar-refractivity contribution in [1.82, 2.24) is 14.7 Å². The van der Waals surface area contributed by atoms with Gasteiger partial charge in [-0.05, 0) is 43.1 Å². The van der Waals surface area contributed by atoms with E-state index in [2.05, 4.69) is 10.00 Å². The number of piperidine rings is 1. The molecule has 0 bridgehead atoms. The number of carbonyl (C=O) groups is 1.